The van der Waals surface area contributed by atoms with E-state index in [1.54, 1.807) is 0 Å². The maximum Gasteiger partial charge on any atom is 0.163 e. The van der Waals surface area contributed by atoms with Gasteiger partial charge >= 0.3 is 0 Å². The van der Waals surface area contributed by atoms with Crippen LogP contribution in [0.5, 0.6) is 11.5 Å². The fourth-order valence-electron chi connectivity index (χ4n) is 1.52. The van der Waals surface area contributed by atoms with Gasteiger partial charge < -0.3 is 15.6 Å². The summed E-state index contributed by atoms with van der Waals surface area (Å²) in [7, 11) is 1.36. The number of halogens is 1. The number of hydrogen-bond donors (Lipinski definition) is 2. The summed E-state index contributed by atoms with van der Waals surface area (Å²) in [5.74, 6) is -0.508. The van der Waals surface area contributed by atoms with Crippen LogP contribution in [0.25, 0.3) is 0 Å². The minimum absolute atomic E-state index is 0.0900. The van der Waals surface area contributed by atoms with Crippen LogP contribution in [0.3, 0.4) is 0 Å². The van der Waals surface area contributed by atoms with Crippen molar-refractivity contribution >= 4 is 0 Å². The lowest BCUT2D eigenvalue weighted by molar-refractivity contribution is 0.365. The molecule has 1 rings (SSSR count). The zero-order chi connectivity index (χ0) is 12.3. The molecule has 0 aliphatic rings. The molecule has 0 bridgehead atoms. The van der Waals surface area contributed by atoms with Gasteiger partial charge in [-0.1, -0.05) is 5.57 Å². The number of phenolic OH excluding ortho intramolecular Hbond substituents is 1. The molecule has 0 saturated carbocycles. The monoisotopic (exact) mass is 225 g/mol. The molecule has 1 aromatic rings. The Morgan fingerprint density at radius 2 is 2.25 bits per heavy atom. The van der Waals surface area contributed by atoms with Crippen molar-refractivity contribution in [3.8, 4) is 11.5 Å². The van der Waals surface area contributed by atoms with Gasteiger partial charge in [-0.15, -0.1) is 6.58 Å². The molecule has 16 heavy (non-hydrogen) atoms. The van der Waals surface area contributed by atoms with Crippen molar-refractivity contribution in [1.82, 2.24) is 0 Å². The normalized spacial score (nSPS) is 12.2. The van der Waals surface area contributed by atoms with Gasteiger partial charge in [-0.25, -0.2) is 4.39 Å². The highest BCUT2D eigenvalue weighted by Gasteiger charge is 2.16. The van der Waals surface area contributed by atoms with E-state index < -0.39 is 11.9 Å². The second-order valence-corrected chi connectivity index (χ2v) is 3.81. The quantitative estimate of drug-likeness (QED) is 0.774. The number of benzene rings is 1. The second kappa shape index (κ2) is 4.99. The lowest BCUT2D eigenvalue weighted by Crippen LogP contribution is -2.11. The largest absolute Gasteiger partial charge is 0.504 e. The maximum atomic E-state index is 13.2. The fraction of sp³-hybridized carbons (Fsp3) is 0.333. The Kier molecular flexibility index (Phi) is 3.90. The molecule has 88 valence electrons. The summed E-state index contributed by atoms with van der Waals surface area (Å²) in [5.41, 5.74) is 7.05. The number of hydrogen-bond acceptors (Lipinski definition) is 3. The summed E-state index contributed by atoms with van der Waals surface area (Å²) in [4.78, 5) is 0. The highest BCUT2D eigenvalue weighted by molar-refractivity contribution is 5.47. The van der Waals surface area contributed by atoms with E-state index in [0.29, 0.717) is 12.0 Å². The number of methoxy groups -OCH3 is 1. The van der Waals surface area contributed by atoms with Crippen molar-refractivity contribution < 1.29 is 14.2 Å². The van der Waals surface area contributed by atoms with Gasteiger partial charge in [0.25, 0.3) is 0 Å². The van der Waals surface area contributed by atoms with Crippen LogP contribution in [-0.4, -0.2) is 12.2 Å². The molecule has 0 amide bonds. The zero-order valence-electron chi connectivity index (χ0n) is 9.46. The fourth-order valence-corrected chi connectivity index (χ4v) is 1.52. The first-order valence-corrected chi connectivity index (χ1v) is 4.92. The van der Waals surface area contributed by atoms with Crippen LogP contribution in [0.15, 0.2) is 24.3 Å². The third-order valence-electron chi connectivity index (χ3n) is 2.26. The van der Waals surface area contributed by atoms with E-state index in [0.717, 1.165) is 11.6 Å². The van der Waals surface area contributed by atoms with E-state index in [-0.39, 0.29) is 11.5 Å². The summed E-state index contributed by atoms with van der Waals surface area (Å²) < 4.78 is 18.1. The van der Waals surface area contributed by atoms with Crippen molar-refractivity contribution in [3.05, 3.63) is 35.7 Å². The van der Waals surface area contributed by atoms with Gasteiger partial charge in [-0.05, 0) is 19.4 Å². The number of aromatic hydroxyl groups is 1. The van der Waals surface area contributed by atoms with E-state index in [1.165, 1.54) is 13.2 Å². The highest BCUT2D eigenvalue weighted by atomic mass is 19.1. The number of ether oxygens (including phenoxy) is 1. The molecule has 0 aromatic heterocycles. The lowest BCUT2D eigenvalue weighted by atomic mass is 10.00. The Morgan fingerprint density at radius 3 is 2.75 bits per heavy atom. The van der Waals surface area contributed by atoms with Crippen molar-refractivity contribution in [2.75, 3.05) is 7.11 Å². The predicted octanol–water partition coefficient (Wildman–Crippen LogP) is 2.51. The number of rotatable bonds is 4. The second-order valence-electron chi connectivity index (χ2n) is 3.81. The SMILES string of the molecule is C=C(C)C[C@H](N)c1cc(F)cc(OC)c1O. The van der Waals surface area contributed by atoms with Crippen LogP contribution in [0.2, 0.25) is 0 Å². The molecule has 3 N–H and O–H groups in total. The Balaban J connectivity index is 3.12. The predicted molar refractivity (Wildman–Crippen MR) is 61.0 cm³/mol. The maximum absolute atomic E-state index is 13.2. The third-order valence-corrected chi connectivity index (χ3v) is 2.26. The molecule has 0 spiro atoms. The first-order valence-electron chi connectivity index (χ1n) is 4.92. The molecule has 0 heterocycles. The van der Waals surface area contributed by atoms with Gasteiger partial charge in [0.15, 0.2) is 11.5 Å². The molecule has 0 unspecified atom stereocenters. The number of phenols is 1. The van der Waals surface area contributed by atoms with E-state index in [2.05, 4.69) is 6.58 Å². The molecule has 0 saturated heterocycles. The minimum atomic E-state index is -0.484. The summed E-state index contributed by atoms with van der Waals surface area (Å²) >= 11 is 0. The summed E-state index contributed by atoms with van der Waals surface area (Å²) in [6.45, 7) is 5.56. The van der Waals surface area contributed by atoms with Crippen molar-refractivity contribution in [2.24, 2.45) is 5.73 Å². The molecule has 1 aromatic carbocycles. The smallest absolute Gasteiger partial charge is 0.163 e. The molecular weight excluding hydrogens is 209 g/mol. The summed E-state index contributed by atoms with van der Waals surface area (Å²) in [6.07, 6.45) is 0.486. The Hall–Kier alpha value is -1.55. The molecule has 3 nitrogen and oxygen atoms in total. The number of nitrogens with two attached hydrogens (primary N) is 1. The minimum Gasteiger partial charge on any atom is -0.504 e. The first-order chi connectivity index (χ1) is 7.45. The summed E-state index contributed by atoms with van der Waals surface area (Å²) in [5, 5.41) is 9.80. The Morgan fingerprint density at radius 1 is 1.62 bits per heavy atom. The first kappa shape index (κ1) is 12.5. The molecule has 0 aliphatic carbocycles. The van der Waals surface area contributed by atoms with Gasteiger partial charge in [0.05, 0.1) is 7.11 Å². The van der Waals surface area contributed by atoms with Gasteiger partial charge in [0.1, 0.15) is 5.82 Å². The van der Waals surface area contributed by atoms with Gasteiger partial charge in [0, 0.05) is 17.7 Å². The molecule has 1 atom stereocenters. The van der Waals surface area contributed by atoms with Gasteiger partial charge in [-0.2, -0.15) is 0 Å². The van der Waals surface area contributed by atoms with E-state index in [9.17, 15) is 9.50 Å². The van der Waals surface area contributed by atoms with Crippen molar-refractivity contribution in [2.45, 2.75) is 19.4 Å². The molecule has 0 fully saturated rings. The Bertz CT molecular complexity index is 404. The van der Waals surface area contributed by atoms with Gasteiger partial charge in [-0.3, -0.25) is 0 Å². The lowest BCUT2D eigenvalue weighted by Gasteiger charge is -2.15. The van der Waals surface area contributed by atoms with Crippen LogP contribution >= 0.6 is 0 Å². The zero-order valence-corrected chi connectivity index (χ0v) is 9.46. The van der Waals surface area contributed by atoms with Gasteiger partial charge in [0.2, 0.25) is 0 Å². The third kappa shape index (κ3) is 2.73. The molecule has 0 aliphatic heterocycles. The highest BCUT2D eigenvalue weighted by Crippen LogP contribution is 2.35. The van der Waals surface area contributed by atoms with Crippen molar-refractivity contribution in [3.63, 3.8) is 0 Å². The van der Waals surface area contributed by atoms with Crippen LogP contribution in [0.1, 0.15) is 24.9 Å². The Labute approximate surface area is 94.3 Å². The molecule has 4 heteroatoms. The average Bonchev–Trinajstić information content (AvgIpc) is 2.19. The van der Waals surface area contributed by atoms with Crippen LogP contribution < -0.4 is 10.5 Å². The summed E-state index contributed by atoms with van der Waals surface area (Å²) in [6, 6.07) is 1.85. The molecule has 0 radical (unpaired) electrons. The van der Waals surface area contributed by atoms with Crippen LogP contribution in [0.4, 0.5) is 4.39 Å². The van der Waals surface area contributed by atoms with Crippen LogP contribution in [-0.2, 0) is 0 Å². The standard InChI is InChI=1S/C12H16FNO2/c1-7(2)4-10(14)9-5-8(13)6-11(16-3)12(9)15/h5-6,10,15H,1,4,14H2,2-3H3/t10-/m0/s1. The van der Waals surface area contributed by atoms with Crippen molar-refractivity contribution in [1.29, 1.82) is 0 Å². The molecular formula is C12H16FNO2. The van der Waals surface area contributed by atoms with E-state index in [1.807, 2.05) is 6.92 Å². The van der Waals surface area contributed by atoms with Crippen LogP contribution in [0, 0.1) is 5.82 Å². The van der Waals surface area contributed by atoms with E-state index in [4.69, 9.17) is 10.5 Å². The average molecular weight is 225 g/mol. The topological polar surface area (TPSA) is 55.5 Å². The van der Waals surface area contributed by atoms with E-state index >= 15 is 0 Å².